The average molecular weight is 297 g/mol. The molecule has 1 aliphatic rings. The molecule has 0 bridgehead atoms. The van der Waals surface area contributed by atoms with Gasteiger partial charge >= 0.3 is 0 Å². The van der Waals surface area contributed by atoms with Crippen LogP contribution in [0.2, 0.25) is 0 Å². The molecule has 0 aliphatic carbocycles. The minimum absolute atomic E-state index is 0.558. The van der Waals surface area contributed by atoms with Crippen LogP contribution in [0.15, 0.2) is 30.5 Å². The van der Waals surface area contributed by atoms with Crippen LogP contribution in [0, 0.1) is 13.8 Å². The lowest BCUT2D eigenvalue weighted by Crippen LogP contribution is -2.34. The Kier molecular flexibility index (Phi) is 4.63. The van der Waals surface area contributed by atoms with E-state index in [9.17, 15) is 0 Å². The second-order valence-electron chi connectivity index (χ2n) is 6.45. The molecule has 3 nitrogen and oxygen atoms in total. The first-order valence-electron chi connectivity index (χ1n) is 8.56. The summed E-state index contributed by atoms with van der Waals surface area (Å²) < 4.78 is 2.22. The minimum Gasteiger partial charge on any atom is -0.303 e. The summed E-state index contributed by atoms with van der Waals surface area (Å²) in [5, 5.41) is 0. The zero-order chi connectivity index (χ0) is 15.5. The fourth-order valence-electron chi connectivity index (χ4n) is 3.68. The number of rotatable bonds is 4. The van der Waals surface area contributed by atoms with Gasteiger partial charge in [-0.1, -0.05) is 19.4 Å². The van der Waals surface area contributed by atoms with Gasteiger partial charge in [-0.05, 0) is 70.0 Å². The predicted octanol–water partition coefficient (Wildman–Crippen LogP) is 4.43. The summed E-state index contributed by atoms with van der Waals surface area (Å²) in [6.45, 7) is 8.96. The Labute approximate surface area is 134 Å². The number of piperidine rings is 1. The zero-order valence-electron chi connectivity index (χ0n) is 14.0. The lowest BCUT2D eigenvalue weighted by atomic mass is 9.96. The first-order valence-corrected chi connectivity index (χ1v) is 8.56. The molecule has 1 saturated heterocycles. The number of nitrogens with zero attached hydrogens (tertiary/aromatic N) is 3. The minimum atomic E-state index is 0.558. The highest BCUT2D eigenvalue weighted by molar-refractivity contribution is 5.33. The Hall–Kier alpha value is -1.61. The first kappa shape index (κ1) is 15.3. The van der Waals surface area contributed by atoms with Crippen LogP contribution in [-0.4, -0.2) is 27.5 Å². The van der Waals surface area contributed by atoms with E-state index in [2.05, 4.69) is 60.7 Å². The molecule has 0 amide bonds. The van der Waals surface area contributed by atoms with Crippen LogP contribution >= 0.6 is 0 Å². The first-order chi connectivity index (χ1) is 10.7. The Morgan fingerprint density at radius 2 is 1.86 bits per heavy atom. The number of aryl methyl sites for hydroxylation is 2. The number of hydrogen-bond donors (Lipinski definition) is 0. The van der Waals surface area contributed by atoms with Crippen LogP contribution in [0.25, 0.3) is 5.82 Å². The van der Waals surface area contributed by atoms with Gasteiger partial charge < -0.3 is 4.57 Å². The molecule has 0 unspecified atom stereocenters. The normalized spacial score (nSPS) is 19.5. The van der Waals surface area contributed by atoms with E-state index in [1.54, 1.807) is 0 Å². The molecule has 0 aromatic carbocycles. The molecular weight excluding hydrogens is 270 g/mol. The smallest absolute Gasteiger partial charge is 0.136 e. The SMILES string of the molecule is CCCN1CCCC[C@@H]1c1ccc(-n2c(C)ccc2C)nc1. The molecule has 0 N–H and O–H groups in total. The summed E-state index contributed by atoms with van der Waals surface area (Å²) >= 11 is 0. The Morgan fingerprint density at radius 1 is 1.09 bits per heavy atom. The van der Waals surface area contributed by atoms with E-state index >= 15 is 0 Å². The molecule has 0 spiro atoms. The highest BCUT2D eigenvalue weighted by Crippen LogP contribution is 2.31. The van der Waals surface area contributed by atoms with E-state index in [4.69, 9.17) is 4.98 Å². The summed E-state index contributed by atoms with van der Waals surface area (Å²) in [5.41, 5.74) is 3.85. The molecule has 1 fully saturated rings. The lowest BCUT2D eigenvalue weighted by molar-refractivity contribution is 0.149. The van der Waals surface area contributed by atoms with Gasteiger partial charge in [0.25, 0.3) is 0 Å². The van der Waals surface area contributed by atoms with Gasteiger partial charge in [0.15, 0.2) is 0 Å². The molecule has 0 saturated carbocycles. The fourth-order valence-corrected chi connectivity index (χ4v) is 3.68. The Bertz CT molecular complexity index is 591. The van der Waals surface area contributed by atoms with Gasteiger partial charge in [-0.25, -0.2) is 4.98 Å². The maximum Gasteiger partial charge on any atom is 0.136 e. The van der Waals surface area contributed by atoms with Gasteiger partial charge in [0, 0.05) is 23.6 Å². The molecule has 3 rings (SSSR count). The summed E-state index contributed by atoms with van der Waals surface area (Å²) in [4.78, 5) is 7.38. The van der Waals surface area contributed by atoms with Crippen LogP contribution in [0.4, 0.5) is 0 Å². The van der Waals surface area contributed by atoms with Crippen LogP contribution < -0.4 is 0 Å². The van der Waals surface area contributed by atoms with Crippen molar-refractivity contribution in [1.82, 2.24) is 14.5 Å². The molecule has 1 atom stereocenters. The van der Waals surface area contributed by atoms with Crippen molar-refractivity contribution in [2.24, 2.45) is 0 Å². The predicted molar refractivity (Wildman–Crippen MR) is 91.5 cm³/mol. The molecule has 22 heavy (non-hydrogen) atoms. The molecule has 2 aromatic heterocycles. The monoisotopic (exact) mass is 297 g/mol. The highest BCUT2D eigenvalue weighted by atomic mass is 15.2. The van der Waals surface area contributed by atoms with Crippen LogP contribution in [0.3, 0.4) is 0 Å². The Balaban J connectivity index is 1.84. The van der Waals surface area contributed by atoms with Gasteiger partial charge in [-0.2, -0.15) is 0 Å². The summed E-state index contributed by atoms with van der Waals surface area (Å²) in [5.74, 6) is 1.03. The van der Waals surface area contributed by atoms with E-state index in [0.717, 1.165) is 5.82 Å². The molecule has 3 heteroatoms. The van der Waals surface area contributed by atoms with Gasteiger partial charge in [-0.3, -0.25) is 4.90 Å². The van der Waals surface area contributed by atoms with Crippen molar-refractivity contribution in [1.29, 1.82) is 0 Å². The van der Waals surface area contributed by atoms with E-state index in [0.29, 0.717) is 6.04 Å². The third kappa shape index (κ3) is 2.95. The van der Waals surface area contributed by atoms with Crippen molar-refractivity contribution in [3.8, 4) is 5.82 Å². The quantitative estimate of drug-likeness (QED) is 0.832. The van der Waals surface area contributed by atoms with Crippen LogP contribution in [0.5, 0.6) is 0 Å². The van der Waals surface area contributed by atoms with E-state index in [1.807, 2.05) is 0 Å². The fraction of sp³-hybridized carbons (Fsp3) is 0.526. The van der Waals surface area contributed by atoms with Crippen LogP contribution in [0.1, 0.15) is 55.6 Å². The molecule has 2 aromatic rings. The largest absolute Gasteiger partial charge is 0.303 e. The summed E-state index contributed by atoms with van der Waals surface area (Å²) in [6.07, 6.45) is 7.26. The number of aromatic nitrogens is 2. The molecular formula is C19H27N3. The van der Waals surface area contributed by atoms with Crippen molar-refractivity contribution >= 4 is 0 Å². The van der Waals surface area contributed by atoms with Gasteiger partial charge in [0.05, 0.1) is 0 Å². The second-order valence-corrected chi connectivity index (χ2v) is 6.45. The van der Waals surface area contributed by atoms with Gasteiger partial charge in [0.1, 0.15) is 5.82 Å². The highest BCUT2D eigenvalue weighted by Gasteiger charge is 2.23. The molecule has 0 radical (unpaired) electrons. The van der Waals surface area contributed by atoms with Crippen LogP contribution in [-0.2, 0) is 0 Å². The van der Waals surface area contributed by atoms with Crippen molar-refractivity contribution < 1.29 is 0 Å². The van der Waals surface area contributed by atoms with Crippen molar-refractivity contribution in [2.45, 2.75) is 52.5 Å². The van der Waals surface area contributed by atoms with E-state index in [-0.39, 0.29) is 0 Å². The maximum absolute atomic E-state index is 4.75. The van der Waals surface area contributed by atoms with Gasteiger partial charge in [0.2, 0.25) is 0 Å². The summed E-state index contributed by atoms with van der Waals surface area (Å²) in [7, 11) is 0. The maximum atomic E-state index is 4.75. The van der Waals surface area contributed by atoms with E-state index < -0.39 is 0 Å². The lowest BCUT2D eigenvalue weighted by Gasteiger charge is -2.35. The molecule has 3 heterocycles. The third-order valence-corrected chi connectivity index (χ3v) is 4.78. The summed E-state index contributed by atoms with van der Waals surface area (Å²) in [6, 6.07) is 9.31. The zero-order valence-corrected chi connectivity index (χ0v) is 14.0. The Morgan fingerprint density at radius 3 is 2.50 bits per heavy atom. The molecule has 118 valence electrons. The third-order valence-electron chi connectivity index (χ3n) is 4.78. The number of likely N-dealkylation sites (tertiary alicyclic amines) is 1. The van der Waals surface area contributed by atoms with Gasteiger partial charge in [-0.15, -0.1) is 0 Å². The number of pyridine rings is 1. The topological polar surface area (TPSA) is 21.1 Å². The van der Waals surface area contributed by atoms with E-state index in [1.165, 1.54) is 55.7 Å². The van der Waals surface area contributed by atoms with Crippen molar-refractivity contribution in [3.05, 3.63) is 47.4 Å². The molecule has 1 aliphatic heterocycles. The standard InChI is InChI=1S/C19H27N3/c1-4-12-21-13-6-5-7-18(21)17-10-11-19(20-14-17)22-15(2)8-9-16(22)3/h8-11,14,18H,4-7,12-13H2,1-3H3/t18-/m1/s1. The second kappa shape index (κ2) is 6.66. The van der Waals surface area contributed by atoms with Crippen molar-refractivity contribution in [2.75, 3.05) is 13.1 Å². The van der Waals surface area contributed by atoms with Crippen molar-refractivity contribution in [3.63, 3.8) is 0 Å². The average Bonchev–Trinajstić information content (AvgIpc) is 2.87. The number of hydrogen-bond acceptors (Lipinski definition) is 2.